The van der Waals surface area contributed by atoms with Gasteiger partial charge in [0, 0.05) is 45.5 Å². The van der Waals surface area contributed by atoms with Crippen LogP contribution in [0.25, 0.3) is 0 Å². The molecule has 0 spiro atoms. The topological polar surface area (TPSA) is 43.9 Å². The van der Waals surface area contributed by atoms with Crippen LogP contribution in [0.15, 0.2) is 42.6 Å². The van der Waals surface area contributed by atoms with Gasteiger partial charge in [-0.2, -0.15) is 13.2 Å². The molecule has 0 atom stereocenters. The molecule has 2 fully saturated rings. The first-order valence-corrected chi connectivity index (χ1v) is 11.1. The summed E-state index contributed by atoms with van der Waals surface area (Å²) in [6, 6.07) is 10.6. The second-order valence-electron chi connectivity index (χ2n) is 7.78. The number of nitrogens with one attached hydrogen (secondary N) is 1. The SMILES string of the molecule is FC(F)(F)c1ccc(N2CCCN(C(=S)Nc3ccccc3N3CCOCC3)CC2)nc1. The summed E-state index contributed by atoms with van der Waals surface area (Å²) in [7, 11) is 0. The highest BCUT2D eigenvalue weighted by molar-refractivity contribution is 7.80. The quantitative estimate of drug-likeness (QED) is 0.691. The Bertz CT molecular complexity index is 919. The molecule has 0 radical (unpaired) electrons. The van der Waals surface area contributed by atoms with Crippen LogP contribution in [0, 0.1) is 0 Å². The number of anilines is 3. The Hall–Kier alpha value is -2.59. The number of morpholine rings is 1. The van der Waals surface area contributed by atoms with Crippen LogP contribution in [0.3, 0.4) is 0 Å². The number of thiocarbonyl (C=S) groups is 1. The van der Waals surface area contributed by atoms with Gasteiger partial charge < -0.3 is 24.8 Å². The lowest BCUT2D eigenvalue weighted by molar-refractivity contribution is -0.137. The van der Waals surface area contributed by atoms with E-state index in [4.69, 9.17) is 17.0 Å². The molecule has 1 N–H and O–H groups in total. The Morgan fingerprint density at radius 1 is 0.938 bits per heavy atom. The van der Waals surface area contributed by atoms with Crippen molar-refractivity contribution in [3.8, 4) is 0 Å². The minimum absolute atomic E-state index is 0.552. The average molecular weight is 466 g/mol. The van der Waals surface area contributed by atoms with E-state index in [0.29, 0.717) is 43.8 Å². The van der Waals surface area contributed by atoms with Crippen molar-refractivity contribution in [1.82, 2.24) is 9.88 Å². The summed E-state index contributed by atoms with van der Waals surface area (Å²) in [5, 5.41) is 4.05. The van der Waals surface area contributed by atoms with Crippen LogP contribution in [-0.4, -0.2) is 67.5 Å². The van der Waals surface area contributed by atoms with Crippen LogP contribution in [0.2, 0.25) is 0 Å². The fourth-order valence-electron chi connectivity index (χ4n) is 3.94. The van der Waals surface area contributed by atoms with E-state index in [2.05, 4.69) is 26.2 Å². The zero-order chi connectivity index (χ0) is 22.6. The Morgan fingerprint density at radius 3 is 2.44 bits per heavy atom. The molecule has 3 heterocycles. The molecule has 0 amide bonds. The number of hydrogen-bond donors (Lipinski definition) is 1. The molecule has 0 unspecified atom stereocenters. The van der Waals surface area contributed by atoms with E-state index >= 15 is 0 Å². The maximum Gasteiger partial charge on any atom is 0.417 e. The molecule has 2 aromatic rings. The number of pyridine rings is 1. The number of alkyl halides is 3. The second-order valence-corrected chi connectivity index (χ2v) is 8.16. The van der Waals surface area contributed by atoms with Crippen molar-refractivity contribution in [2.45, 2.75) is 12.6 Å². The normalized spacial score (nSPS) is 17.8. The molecule has 10 heteroatoms. The number of para-hydroxylation sites is 2. The standard InChI is InChI=1S/C22H26F3N5OS/c23-22(24,25)17-6-7-20(26-16-17)29-8-3-9-30(11-10-29)21(32)27-18-4-1-2-5-19(18)28-12-14-31-15-13-28/h1-2,4-7,16H,3,8-15H2,(H,27,32). The van der Waals surface area contributed by atoms with Crippen LogP contribution < -0.4 is 15.1 Å². The summed E-state index contributed by atoms with van der Waals surface area (Å²) in [6.45, 7) is 5.86. The molecular formula is C22H26F3N5OS. The van der Waals surface area contributed by atoms with Crippen molar-refractivity contribution in [1.29, 1.82) is 0 Å². The number of benzene rings is 1. The molecule has 0 saturated carbocycles. The van der Waals surface area contributed by atoms with Gasteiger partial charge in [0.05, 0.1) is 30.2 Å². The Balaban J connectivity index is 1.38. The van der Waals surface area contributed by atoms with Crippen molar-refractivity contribution in [2.24, 2.45) is 0 Å². The average Bonchev–Trinajstić information content (AvgIpc) is 3.06. The van der Waals surface area contributed by atoms with Gasteiger partial charge >= 0.3 is 6.18 Å². The van der Waals surface area contributed by atoms with E-state index in [1.165, 1.54) is 6.07 Å². The number of hydrogen-bond acceptors (Lipinski definition) is 5. The van der Waals surface area contributed by atoms with Gasteiger partial charge in [-0.25, -0.2) is 4.98 Å². The van der Waals surface area contributed by atoms with E-state index in [9.17, 15) is 13.2 Å². The number of halogens is 3. The summed E-state index contributed by atoms with van der Waals surface area (Å²) < 4.78 is 43.9. The van der Waals surface area contributed by atoms with E-state index in [1.54, 1.807) is 0 Å². The summed E-state index contributed by atoms with van der Waals surface area (Å²) in [4.78, 5) is 10.4. The van der Waals surface area contributed by atoms with E-state index in [-0.39, 0.29) is 0 Å². The number of ether oxygens (including phenoxy) is 1. The van der Waals surface area contributed by atoms with E-state index < -0.39 is 11.7 Å². The lowest BCUT2D eigenvalue weighted by Crippen LogP contribution is -2.39. The molecule has 4 rings (SSSR count). The third-order valence-electron chi connectivity index (χ3n) is 5.68. The van der Waals surface area contributed by atoms with Gasteiger partial charge in [0.1, 0.15) is 5.82 Å². The van der Waals surface area contributed by atoms with Gasteiger partial charge in [-0.1, -0.05) is 12.1 Å². The first-order chi connectivity index (χ1) is 15.4. The molecule has 0 bridgehead atoms. The molecule has 1 aromatic carbocycles. The van der Waals surface area contributed by atoms with Gasteiger partial charge in [-0.05, 0) is 42.9 Å². The van der Waals surface area contributed by atoms with Crippen molar-refractivity contribution in [3.05, 3.63) is 48.2 Å². The zero-order valence-electron chi connectivity index (χ0n) is 17.6. The third-order valence-corrected chi connectivity index (χ3v) is 6.04. The fraction of sp³-hybridized carbons (Fsp3) is 0.455. The third kappa shape index (κ3) is 5.42. The highest BCUT2D eigenvalue weighted by Gasteiger charge is 2.31. The van der Waals surface area contributed by atoms with Crippen molar-refractivity contribution in [2.75, 3.05) is 67.6 Å². The predicted octanol–water partition coefficient (Wildman–Crippen LogP) is 3.85. The smallest absolute Gasteiger partial charge is 0.378 e. The maximum atomic E-state index is 12.8. The summed E-state index contributed by atoms with van der Waals surface area (Å²) in [5.41, 5.74) is 1.33. The molecule has 2 saturated heterocycles. The van der Waals surface area contributed by atoms with Gasteiger partial charge in [0.25, 0.3) is 0 Å². The minimum atomic E-state index is -4.38. The van der Waals surface area contributed by atoms with Crippen molar-refractivity contribution < 1.29 is 17.9 Å². The highest BCUT2D eigenvalue weighted by Crippen LogP contribution is 2.30. The predicted molar refractivity (Wildman–Crippen MR) is 123 cm³/mol. The van der Waals surface area contributed by atoms with Crippen LogP contribution in [0.5, 0.6) is 0 Å². The monoisotopic (exact) mass is 465 g/mol. The minimum Gasteiger partial charge on any atom is -0.378 e. The largest absolute Gasteiger partial charge is 0.417 e. The van der Waals surface area contributed by atoms with Crippen LogP contribution in [0.1, 0.15) is 12.0 Å². The second kappa shape index (κ2) is 9.91. The lowest BCUT2D eigenvalue weighted by Gasteiger charge is -2.31. The fourth-order valence-corrected chi connectivity index (χ4v) is 4.24. The summed E-state index contributed by atoms with van der Waals surface area (Å²) in [6.07, 6.45) is -2.65. The van der Waals surface area contributed by atoms with Gasteiger partial charge in [-0.3, -0.25) is 0 Å². The first-order valence-electron chi connectivity index (χ1n) is 10.7. The van der Waals surface area contributed by atoms with Crippen LogP contribution >= 0.6 is 12.2 Å². The number of nitrogens with zero attached hydrogens (tertiary/aromatic N) is 4. The molecule has 32 heavy (non-hydrogen) atoms. The van der Waals surface area contributed by atoms with Crippen LogP contribution in [0.4, 0.5) is 30.4 Å². The van der Waals surface area contributed by atoms with Gasteiger partial charge in [0.15, 0.2) is 5.11 Å². The van der Waals surface area contributed by atoms with Crippen molar-refractivity contribution in [3.63, 3.8) is 0 Å². The summed E-state index contributed by atoms with van der Waals surface area (Å²) >= 11 is 5.70. The number of aromatic nitrogens is 1. The first kappa shape index (κ1) is 22.6. The molecule has 2 aliphatic heterocycles. The Labute approximate surface area is 191 Å². The molecule has 172 valence electrons. The van der Waals surface area contributed by atoms with Gasteiger partial charge in [-0.15, -0.1) is 0 Å². The molecule has 1 aromatic heterocycles. The van der Waals surface area contributed by atoms with E-state index in [0.717, 1.165) is 49.7 Å². The van der Waals surface area contributed by atoms with E-state index in [1.807, 2.05) is 23.1 Å². The highest BCUT2D eigenvalue weighted by atomic mass is 32.1. The van der Waals surface area contributed by atoms with Crippen LogP contribution in [-0.2, 0) is 10.9 Å². The van der Waals surface area contributed by atoms with Gasteiger partial charge in [0.2, 0.25) is 0 Å². The van der Waals surface area contributed by atoms with Crippen molar-refractivity contribution >= 4 is 34.5 Å². The zero-order valence-corrected chi connectivity index (χ0v) is 18.5. The molecule has 2 aliphatic rings. The Kier molecular flexibility index (Phi) is 7.00. The Morgan fingerprint density at radius 2 is 1.72 bits per heavy atom. The molecule has 0 aliphatic carbocycles. The maximum absolute atomic E-state index is 12.8. The lowest BCUT2D eigenvalue weighted by atomic mass is 10.2. The number of rotatable bonds is 3. The molecule has 6 nitrogen and oxygen atoms in total. The molecular weight excluding hydrogens is 439 g/mol. The summed E-state index contributed by atoms with van der Waals surface area (Å²) in [5.74, 6) is 0.552.